The van der Waals surface area contributed by atoms with E-state index >= 15 is 0 Å². The van der Waals surface area contributed by atoms with Gasteiger partial charge in [-0.05, 0) is 57.5 Å². The maximum atomic E-state index is 10.6. The average Bonchev–Trinajstić information content (AvgIpc) is 3.34. The summed E-state index contributed by atoms with van der Waals surface area (Å²) in [5.74, 6) is 1.25. The van der Waals surface area contributed by atoms with Gasteiger partial charge >= 0.3 is 0 Å². The van der Waals surface area contributed by atoms with Gasteiger partial charge in [-0.2, -0.15) is 0 Å². The molecule has 3 N–H and O–H groups in total. The van der Waals surface area contributed by atoms with Crippen molar-refractivity contribution >= 4 is 11.6 Å². The van der Waals surface area contributed by atoms with Gasteiger partial charge < -0.3 is 25.1 Å². The fourth-order valence-corrected chi connectivity index (χ4v) is 3.77. The van der Waals surface area contributed by atoms with Crippen molar-refractivity contribution in [3.8, 4) is 0 Å². The van der Waals surface area contributed by atoms with Crippen molar-refractivity contribution in [2.24, 2.45) is 4.99 Å². The third-order valence-corrected chi connectivity index (χ3v) is 5.63. The van der Waals surface area contributed by atoms with E-state index in [1.54, 1.807) is 25.3 Å². The molecular weight excluding hydrogens is 390 g/mol. The minimum Gasteiger partial charge on any atom is -0.466 e. The smallest absolute Gasteiger partial charge is 0.191 e. The molecule has 0 bridgehead atoms. The van der Waals surface area contributed by atoms with Gasteiger partial charge in [-0.3, -0.25) is 4.90 Å². The zero-order chi connectivity index (χ0) is 21.9. The van der Waals surface area contributed by atoms with Crippen LogP contribution in [0.15, 0.2) is 58.1 Å². The van der Waals surface area contributed by atoms with E-state index < -0.39 is 5.60 Å². The molecule has 0 saturated carbocycles. The van der Waals surface area contributed by atoms with Gasteiger partial charge in [0.25, 0.3) is 0 Å². The number of furan rings is 1. The Morgan fingerprint density at radius 3 is 2.52 bits per heavy atom. The fourth-order valence-electron chi connectivity index (χ4n) is 3.77. The van der Waals surface area contributed by atoms with Crippen LogP contribution in [0.25, 0.3) is 0 Å². The van der Waals surface area contributed by atoms with Crippen molar-refractivity contribution in [1.82, 2.24) is 15.5 Å². The Kier molecular flexibility index (Phi) is 8.79. The quantitative estimate of drug-likeness (QED) is 0.307. The van der Waals surface area contributed by atoms with Gasteiger partial charge in [0.05, 0.1) is 12.8 Å². The minimum atomic E-state index is -1.12. The number of aliphatic imine (C=N–C) groups is 1. The number of piperazine rings is 1. The number of benzene rings is 1. The predicted octanol–water partition coefficient (Wildman–Crippen LogP) is 2.64. The van der Waals surface area contributed by atoms with Gasteiger partial charge in [0, 0.05) is 45.0 Å². The van der Waals surface area contributed by atoms with E-state index in [1.807, 2.05) is 6.92 Å². The van der Waals surface area contributed by atoms with E-state index in [4.69, 9.17) is 4.42 Å². The summed E-state index contributed by atoms with van der Waals surface area (Å²) >= 11 is 0. The minimum absolute atomic E-state index is 0.238. The lowest BCUT2D eigenvalue weighted by atomic mass is 10.0. The monoisotopic (exact) mass is 427 g/mol. The van der Waals surface area contributed by atoms with E-state index in [1.165, 1.54) is 5.69 Å². The van der Waals surface area contributed by atoms with E-state index in [0.717, 1.165) is 64.6 Å². The number of aliphatic hydroxyl groups is 1. The molecule has 2 aromatic rings. The zero-order valence-corrected chi connectivity index (χ0v) is 18.9. The lowest BCUT2D eigenvalue weighted by Crippen LogP contribution is -2.46. The van der Waals surface area contributed by atoms with Crippen molar-refractivity contribution in [3.05, 3.63) is 54.5 Å². The summed E-state index contributed by atoms with van der Waals surface area (Å²) < 4.78 is 5.33. The first-order valence-electron chi connectivity index (χ1n) is 11.4. The third-order valence-electron chi connectivity index (χ3n) is 5.63. The molecule has 170 valence electrons. The molecule has 0 amide bonds. The molecule has 1 unspecified atom stereocenters. The molecule has 3 rings (SSSR count). The van der Waals surface area contributed by atoms with Crippen LogP contribution in [-0.2, 0) is 5.60 Å². The van der Waals surface area contributed by atoms with Crippen LogP contribution in [0.5, 0.6) is 0 Å². The lowest BCUT2D eigenvalue weighted by Gasteiger charge is -2.36. The molecule has 1 aromatic heterocycles. The Bertz CT molecular complexity index is 769. The molecule has 1 saturated heterocycles. The first-order valence-corrected chi connectivity index (χ1v) is 11.4. The summed E-state index contributed by atoms with van der Waals surface area (Å²) in [6.45, 7) is 11.2. The number of hydrogen-bond acceptors (Lipinski definition) is 5. The van der Waals surface area contributed by atoms with Gasteiger partial charge in [0.1, 0.15) is 11.4 Å². The Labute approximate surface area is 186 Å². The molecule has 1 aromatic carbocycles. The summed E-state index contributed by atoms with van der Waals surface area (Å²) in [4.78, 5) is 9.56. The summed E-state index contributed by atoms with van der Waals surface area (Å²) in [5, 5.41) is 17.2. The van der Waals surface area contributed by atoms with Gasteiger partial charge in [-0.25, -0.2) is 4.99 Å². The van der Waals surface area contributed by atoms with Crippen LogP contribution >= 0.6 is 0 Å². The van der Waals surface area contributed by atoms with Gasteiger partial charge in [0.2, 0.25) is 0 Å². The van der Waals surface area contributed by atoms with Crippen LogP contribution in [0.3, 0.4) is 0 Å². The van der Waals surface area contributed by atoms with Crippen LogP contribution in [0.2, 0.25) is 0 Å². The number of para-hydroxylation sites is 1. The molecule has 7 heteroatoms. The van der Waals surface area contributed by atoms with Crippen LogP contribution in [0.1, 0.15) is 32.4 Å². The number of anilines is 1. The summed E-state index contributed by atoms with van der Waals surface area (Å²) in [6, 6.07) is 14.2. The largest absolute Gasteiger partial charge is 0.466 e. The maximum absolute atomic E-state index is 10.6. The van der Waals surface area contributed by atoms with Crippen LogP contribution < -0.4 is 15.5 Å². The van der Waals surface area contributed by atoms with Gasteiger partial charge in [0.15, 0.2) is 5.96 Å². The average molecular weight is 428 g/mol. The number of hydrogen-bond donors (Lipinski definition) is 3. The summed E-state index contributed by atoms with van der Waals surface area (Å²) in [5.41, 5.74) is 0.209. The van der Waals surface area contributed by atoms with E-state index in [9.17, 15) is 5.11 Å². The van der Waals surface area contributed by atoms with Crippen LogP contribution in [0, 0.1) is 0 Å². The molecule has 7 nitrogen and oxygen atoms in total. The van der Waals surface area contributed by atoms with Crippen molar-refractivity contribution in [1.29, 1.82) is 0 Å². The van der Waals surface area contributed by atoms with Gasteiger partial charge in [-0.1, -0.05) is 18.2 Å². The predicted molar refractivity (Wildman–Crippen MR) is 127 cm³/mol. The van der Waals surface area contributed by atoms with Crippen LogP contribution in [0.4, 0.5) is 5.69 Å². The maximum Gasteiger partial charge on any atom is 0.191 e. The molecule has 2 heterocycles. The summed E-state index contributed by atoms with van der Waals surface area (Å²) in [6.07, 6.45) is 3.80. The number of nitrogens with one attached hydrogen (secondary N) is 2. The van der Waals surface area contributed by atoms with Crippen molar-refractivity contribution in [2.45, 2.75) is 32.3 Å². The highest BCUT2D eigenvalue weighted by molar-refractivity contribution is 5.79. The van der Waals surface area contributed by atoms with Crippen molar-refractivity contribution < 1.29 is 9.52 Å². The molecule has 1 fully saturated rings. The molecular formula is C24H37N5O2. The number of rotatable bonds is 10. The topological polar surface area (TPSA) is 76.3 Å². The Morgan fingerprint density at radius 2 is 1.84 bits per heavy atom. The SMILES string of the molecule is CCNC(=NCC(C)(O)c1ccco1)NCCCCN1CCN(c2ccccc2)CC1. The highest BCUT2D eigenvalue weighted by Gasteiger charge is 2.26. The van der Waals surface area contributed by atoms with Crippen molar-refractivity contribution in [2.75, 3.05) is 57.3 Å². The molecule has 0 aliphatic carbocycles. The number of nitrogens with zero attached hydrogens (tertiary/aromatic N) is 3. The second-order valence-electron chi connectivity index (χ2n) is 8.24. The van der Waals surface area contributed by atoms with Crippen molar-refractivity contribution in [3.63, 3.8) is 0 Å². The highest BCUT2D eigenvalue weighted by Crippen LogP contribution is 2.21. The zero-order valence-electron chi connectivity index (χ0n) is 18.9. The second kappa shape index (κ2) is 11.8. The number of unbranched alkanes of at least 4 members (excludes halogenated alkanes) is 1. The lowest BCUT2D eigenvalue weighted by molar-refractivity contribution is 0.0437. The Balaban J connectivity index is 1.33. The Hall–Kier alpha value is -2.51. The normalized spacial score (nSPS) is 17.4. The fraction of sp³-hybridized carbons (Fsp3) is 0.542. The van der Waals surface area contributed by atoms with E-state index in [-0.39, 0.29) is 6.54 Å². The first-order chi connectivity index (χ1) is 15.1. The summed E-state index contributed by atoms with van der Waals surface area (Å²) in [7, 11) is 0. The van der Waals surface area contributed by atoms with Crippen LogP contribution in [-0.4, -0.2) is 68.3 Å². The standard InChI is InChI=1S/C24H37N5O2/c1-3-25-23(27-20-24(2,30)22-12-9-19-31-22)26-13-7-8-14-28-15-17-29(18-16-28)21-10-5-4-6-11-21/h4-6,9-12,19,30H,3,7-8,13-18,20H2,1-2H3,(H2,25,26,27). The number of guanidine groups is 1. The third kappa shape index (κ3) is 7.29. The van der Waals surface area contributed by atoms with E-state index in [0.29, 0.717) is 5.76 Å². The molecule has 0 spiro atoms. The molecule has 31 heavy (non-hydrogen) atoms. The molecule has 0 radical (unpaired) electrons. The molecule has 1 aliphatic heterocycles. The van der Waals surface area contributed by atoms with E-state index in [2.05, 4.69) is 55.8 Å². The molecule has 1 atom stereocenters. The van der Waals surface area contributed by atoms with Gasteiger partial charge in [-0.15, -0.1) is 0 Å². The highest BCUT2D eigenvalue weighted by atomic mass is 16.4. The molecule has 1 aliphatic rings. The Morgan fingerprint density at radius 1 is 1.06 bits per heavy atom. The second-order valence-corrected chi connectivity index (χ2v) is 8.24. The first kappa shape index (κ1) is 23.2.